The van der Waals surface area contributed by atoms with Crippen molar-refractivity contribution in [1.82, 2.24) is 14.9 Å². The Hall–Kier alpha value is -1.18. The summed E-state index contributed by atoms with van der Waals surface area (Å²) in [5.74, 6) is 0. The lowest BCUT2D eigenvalue weighted by molar-refractivity contribution is 0.510. The molecule has 1 aliphatic rings. The SMILES string of the molecule is Cc1n[nH]c(C)c1S(=O)(=O)NC1CCCc2sccc21. The number of H-pyrrole nitrogens is 1. The molecule has 0 amide bonds. The van der Waals surface area contributed by atoms with E-state index in [-0.39, 0.29) is 10.9 Å². The van der Waals surface area contributed by atoms with Crippen molar-refractivity contribution in [3.05, 3.63) is 33.3 Å². The second-order valence-electron chi connectivity index (χ2n) is 5.13. The average Bonchev–Trinajstić information content (AvgIpc) is 2.96. The Labute approximate surface area is 122 Å². The molecule has 2 aromatic heterocycles. The minimum Gasteiger partial charge on any atom is -0.281 e. The van der Waals surface area contributed by atoms with E-state index in [0.717, 1.165) is 24.8 Å². The van der Waals surface area contributed by atoms with Crippen molar-refractivity contribution >= 4 is 21.4 Å². The molecule has 5 nitrogen and oxygen atoms in total. The number of hydrogen-bond donors (Lipinski definition) is 2. The predicted octanol–water partition coefficient (Wildman–Crippen LogP) is 2.44. The molecule has 0 aromatic carbocycles. The van der Waals surface area contributed by atoms with Crippen LogP contribution in [0.5, 0.6) is 0 Å². The molecule has 0 saturated heterocycles. The Morgan fingerprint density at radius 2 is 2.25 bits per heavy atom. The first kappa shape index (κ1) is 13.8. The van der Waals surface area contributed by atoms with Crippen LogP contribution in [-0.2, 0) is 16.4 Å². The van der Waals surface area contributed by atoms with Gasteiger partial charge >= 0.3 is 0 Å². The van der Waals surface area contributed by atoms with Crippen molar-refractivity contribution in [3.63, 3.8) is 0 Å². The van der Waals surface area contributed by atoms with Gasteiger partial charge in [0.1, 0.15) is 4.90 Å². The molecule has 0 radical (unpaired) electrons. The fourth-order valence-electron chi connectivity index (χ4n) is 2.79. The first-order valence-corrected chi connectivity index (χ1v) is 8.95. The number of nitrogens with one attached hydrogen (secondary N) is 2. The van der Waals surface area contributed by atoms with Gasteiger partial charge in [0, 0.05) is 10.9 Å². The van der Waals surface area contributed by atoms with E-state index >= 15 is 0 Å². The molecule has 2 N–H and O–H groups in total. The summed E-state index contributed by atoms with van der Waals surface area (Å²) in [5.41, 5.74) is 2.22. The summed E-state index contributed by atoms with van der Waals surface area (Å²) in [7, 11) is -3.54. The highest BCUT2D eigenvalue weighted by molar-refractivity contribution is 7.89. The van der Waals surface area contributed by atoms with E-state index in [2.05, 4.69) is 14.9 Å². The third-order valence-corrected chi connectivity index (χ3v) is 6.41. The van der Waals surface area contributed by atoms with Gasteiger partial charge in [-0.05, 0) is 50.1 Å². The van der Waals surface area contributed by atoms with E-state index in [1.54, 1.807) is 25.2 Å². The molecule has 0 bridgehead atoms. The summed E-state index contributed by atoms with van der Waals surface area (Å²) in [4.78, 5) is 1.57. The third-order valence-electron chi connectivity index (χ3n) is 3.68. The number of aromatic nitrogens is 2. The Kier molecular flexibility index (Phi) is 3.43. The van der Waals surface area contributed by atoms with Gasteiger partial charge in [0.25, 0.3) is 0 Å². The van der Waals surface area contributed by atoms with Crippen LogP contribution in [0, 0.1) is 13.8 Å². The molecule has 0 saturated carbocycles. The largest absolute Gasteiger partial charge is 0.281 e. The highest BCUT2D eigenvalue weighted by atomic mass is 32.2. The maximum Gasteiger partial charge on any atom is 0.244 e. The van der Waals surface area contributed by atoms with Crippen LogP contribution < -0.4 is 4.72 Å². The first-order valence-electron chi connectivity index (χ1n) is 6.59. The first-order chi connectivity index (χ1) is 9.49. The van der Waals surface area contributed by atoms with Gasteiger partial charge in [-0.2, -0.15) is 5.10 Å². The minimum atomic E-state index is -3.54. The van der Waals surface area contributed by atoms with Gasteiger partial charge in [-0.25, -0.2) is 13.1 Å². The third kappa shape index (κ3) is 2.30. The molecule has 3 rings (SSSR count). The molecule has 0 spiro atoms. The number of aromatic amines is 1. The van der Waals surface area contributed by atoms with Crippen molar-refractivity contribution in [2.75, 3.05) is 0 Å². The maximum atomic E-state index is 12.6. The molecule has 0 fully saturated rings. The van der Waals surface area contributed by atoms with Gasteiger partial charge in [0.05, 0.1) is 11.4 Å². The predicted molar refractivity (Wildman–Crippen MR) is 78.4 cm³/mol. The highest BCUT2D eigenvalue weighted by Crippen LogP contribution is 2.34. The van der Waals surface area contributed by atoms with Crippen LogP contribution in [0.15, 0.2) is 16.3 Å². The summed E-state index contributed by atoms with van der Waals surface area (Å²) >= 11 is 1.71. The van der Waals surface area contributed by atoms with Crippen LogP contribution in [-0.4, -0.2) is 18.6 Å². The van der Waals surface area contributed by atoms with Crippen LogP contribution >= 0.6 is 11.3 Å². The van der Waals surface area contributed by atoms with E-state index in [9.17, 15) is 8.42 Å². The quantitative estimate of drug-likeness (QED) is 0.914. The molecular weight excluding hydrogens is 294 g/mol. The number of nitrogens with zero attached hydrogens (tertiary/aromatic N) is 1. The second kappa shape index (κ2) is 4.98. The number of sulfonamides is 1. The summed E-state index contributed by atoms with van der Waals surface area (Å²) < 4.78 is 28.0. The Morgan fingerprint density at radius 1 is 1.45 bits per heavy atom. The monoisotopic (exact) mass is 311 g/mol. The zero-order valence-corrected chi connectivity index (χ0v) is 13.1. The molecule has 2 aromatic rings. The minimum absolute atomic E-state index is 0.122. The van der Waals surface area contributed by atoms with Crippen LogP contribution in [0.2, 0.25) is 0 Å². The standard InChI is InChI=1S/C13H17N3O2S2/c1-8-13(9(2)15-14-8)20(17,18)16-11-4-3-5-12-10(11)6-7-19-12/h6-7,11,16H,3-5H2,1-2H3,(H,14,15). The number of fused-ring (bicyclic) bond motifs is 1. The smallest absolute Gasteiger partial charge is 0.244 e. The maximum absolute atomic E-state index is 12.6. The van der Waals surface area contributed by atoms with E-state index in [1.807, 2.05) is 11.4 Å². The lowest BCUT2D eigenvalue weighted by Crippen LogP contribution is -2.31. The number of hydrogen-bond acceptors (Lipinski definition) is 4. The zero-order valence-electron chi connectivity index (χ0n) is 11.4. The lowest BCUT2D eigenvalue weighted by atomic mass is 9.95. The molecule has 1 aliphatic carbocycles. The molecule has 1 atom stereocenters. The number of aryl methyl sites for hydroxylation is 3. The molecule has 20 heavy (non-hydrogen) atoms. The van der Waals surface area contributed by atoms with Gasteiger partial charge < -0.3 is 0 Å². The zero-order chi connectivity index (χ0) is 14.3. The normalized spacial score (nSPS) is 19.0. The number of thiophene rings is 1. The summed E-state index contributed by atoms with van der Waals surface area (Å²) in [6, 6.07) is 1.91. The van der Waals surface area contributed by atoms with E-state index in [0.29, 0.717) is 11.4 Å². The van der Waals surface area contributed by atoms with Crippen molar-refractivity contribution < 1.29 is 8.42 Å². The fraction of sp³-hybridized carbons (Fsp3) is 0.462. The molecule has 0 aliphatic heterocycles. The van der Waals surface area contributed by atoms with Gasteiger partial charge in [-0.15, -0.1) is 11.3 Å². The van der Waals surface area contributed by atoms with Gasteiger partial charge in [0.15, 0.2) is 0 Å². The molecule has 108 valence electrons. The number of rotatable bonds is 3. The van der Waals surface area contributed by atoms with Gasteiger partial charge in [-0.3, -0.25) is 5.10 Å². The summed E-state index contributed by atoms with van der Waals surface area (Å²) in [6.45, 7) is 3.43. The van der Waals surface area contributed by atoms with Crippen LogP contribution in [0.4, 0.5) is 0 Å². The Bertz CT molecular complexity index is 711. The van der Waals surface area contributed by atoms with Crippen molar-refractivity contribution in [2.24, 2.45) is 0 Å². The highest BCUT2D eigenvalue weighted by Gasteiger charge is 2.29. The second-order valence-corrected chi connectivity index (χ2v) is 7.78. The van der Waals surface area contributed by atoms with Crippen molar-refractivity contribution in [2.45, 2.75) is 44.0 Å². The molecule has 7 heteroatoms. The summed E-state index contributed by atoms with van der Waals surface area (Å²) in [5, 5.41) is 8.73. The van der Waals surface area contributed by atoms with Crippen LogP contribution in [0.1, 0.15) is 40.7 Å². The summed E-state index contributed by atoms with van der Waals surface area (Å²) in [6.07, 6.45) is 2.91. The topological polar surface area (TPSA) is 74.8 Å². The molecule has 2 heterocycles. The van der Waals surface area contributed by atoms with Gasteiger partial charge in [-0.1, -0.05) is 0 Å². The van der Waals surface area contributed by atoms with E-state index in [1.165, 1.54) is 4.88 Å². The molecular formula is C13H17N3O2S2. The van der Waals surface area contributed by atoms with Gasteiger partial charge in [0.2, 0.25) is 10.0 Å². The molecule has 1 unspecified atom stereocenters. The van der Waals surface area contributed by atoms with Crippen molar-refractivity contribution in [3.8, 4) is 0 Å². The van der Waals surface area contributed by atoms with E-state index in [4.69, 9.17) is 0 Å². The lowest BCUT2D eigenvalue weighted by Gasteiger charge is -2.23. The van der Waals surface area contributed by atoms with Crippen LogP contribution in [0.3, 0.4) is 0 Å². The Balaban J connectivity index is 1.93. The van der Waals surface area contributed by atoms with Crippen LogP contribution in [0.25, 0.3) is 0 Å². The average molecular weight is 311 g/mol. The van der Waals surface area contributed by atoms with Crippen molar-refractivity contribution in [1.29, 1.82) is 0 Å². The van der Waals surface area contributed by atoms with E-state index < -0.39 is 10.0 Å². The fourth-order valence-corrected chi connectivity index (χ4v) is 5.40. The Morgan fingerprint density at radius 3 is 2.95 bits per heavy atom.